The largest absolute Gasteiger partial charge is 0.433 e. The number of hydrogen-bond acceptors (Lipinski definition) is 6. The van der Waals surface area contributed by atoms with Crippen LogP contribution in [0.1, 0.15) is 19.6 Å². The van der Waals surface area contributed by atoms with Gasteiger partial charge in [0.05, 0.1) is 18.4 Å². The molecular weight excluding hydrogens is 228 g/mol. The Labute approximate surface area is 97.8 Å². The maximum Gasteiger partial charge on any atom is 0.433 e. The van der Waals surface area contributed by atoms with E-state index in [9.17, 15) is 10.1 Å². The number of nitro groups is 1. The molecule has 1 aromatic heterocycles. The highest BCUT2D eigenvalue weighted by atomic mass is 16.6. The number of ether oxygens (including phenoxy) is 1. The van der Waals surface area contributed by atoms with Crippen molar-refractivity contribution in [2.45, 2.75) is 20.5 Å². The van der Waals surface area contributed by atoms with Gasteiger partial charge in [0.2, 0.25) is 0 Å². The van der Waals surface area contributed by atoms with Crippen LogP contribution in [0, 0.1) is 16.0 Å². The third-order valence-corrected chi connectivity index (χ3v) is 2.12. The fourth-order valence-corrected chi connectivity index (χ4v) is 1.11. The van der Waals surface area contributed by atoms with Crippen LogP contribution in [0.4, 0.5) is 5.88 Å². The zero-order valence-corrected chi connectivity index (χ0v) is 9.62. The lowest BCUT2D eigenvalue weighted by Gasteiger charge is -2.07. The molecule has 0 bridgehead atoms. The first-order valence-electron chi connectivity index (χ1n) is 5.06. The van der Waals surface area contributed by atoms with Crippen molar-refractivity contribution in [2.24, 2.45) is 11.1 Å². The highest BCUT2D eigenvalue weighted by Gasteiger charge is 2.12. The Morgan fingerprint density at radius 3 is 2.82 bits per heavy atom. The number of oxime groups is 1. The van der Waals surface area contributed by atoms with Crippen LogP contribution in [0.3, 0.4) is 0 Å². The van der Waals surface area contributed by atoms with E-state index in [1.807, 2.05) is 13.8 Å². The SMILES string of the molecule is CC(C)C(COCc1ccc([N+](=O)[O-])o1)=NO. The average Bonchev–Trinajstić information content (AvgIpc) is 2.72. The lowest BCUT2D eigenvalue weighted by atomic mass is 10.1. The van der Waals surface area contributed by atoms with Crippen LogP contribution in [0.15, 0.2) is 21.7 Å². The van der Waals surface area contributed by atoms with Crippen LogP contribution in [-0.4, -0.2) is 22.4 Å². The van der Waals surface area contributed by atoms with E-state index < -0.39 is 4.92 Å². The van der Waals surface area contributed by atoms with E-state index in [1.54, 1.807) is 0 Å². The van der Waals surface area contributed by atoms with Crippen molar-refractivity contribution in [1.82, 2.24) is 0 Å². The minimum absolute atomic E-state index is 0.0749. The molecule has 1 aromatic rings. The maximum absolute atomic E-state index is 10.4. The summed E-state index contributed by atoms with van der Waals surface area (Å²) in [4.78, 5) is 9.74. The van der Waals surface area contributed by atoms with Gasteiger partial charge in [-0.25, -0.2) is 0 Å². The van der Waals surface area contributed by atoms with E-state index in [1.165, 1.54) is 12.1 Å². The summed E-state index contributed by atoms with van der Waals surface area (Å²) in [7, 11) is 0. The van der Waals surface area contributed by atoms with Crippen molar-refractivity contribution >= 4 is 11.6 Å². The summed E-state index contributed by atoms with van der Waals surface area (Å²) in [6.45, 7) is 3.99. The molecule has 7 nitrogen and oxygen atoms in total. The van der Waals surface area contributed by atoms with E-state index in [4.69, 9.17) is 14.4 Å². The zero-order valence-electron chi connectivity index (χ0n) is 9.62. The van der Waals surface area contributed by atoms with Crippen molar-refractivity contribution in [3.8, 4) is 0 Å². The van der Waals surface area contributed by atoms with E-state index >= 15 is 0 Å². The third-order valence-electron chi connectivity index (χ3n) is 2.12. The molecule has 0 aliphatic heterocycles. The molecule has 94 valence electrons. The van der Waals surface area contributed by atoms with Crippen molar-refractivity contribution < 1.29 is 19.3 Å². The minimum Gasteiger partial charge on any atom is -0.411 e. The van der Waals surface area contributed by atoms with E-state index in [2.05, 4.69) is 5.16 Å². The zero-order chi connectivity index (χ0) is 12.8. The topological polar surface area (TPSA) is 98.1 Å². The van der Waals surface area contributed by atoms with Crippen molar-refractivity contribution in [3.05, 3.63) is 28.0 Å². The monoisotopic (exact) mass is 242 g/mol. The Balaban J connectivity index is 2.43. The highest BCUT2D eigenvalue weighted by Crippen LogP contribution is 2.16. The molecule has 1 rings (SSSR count). The van der Waals surface area contributed by atoms with Crippen LogP contribution < -0.4 is 0 Å². The first-order chi connectivity index (χ1) is 8.04. The predicted octanol–water partition coefficient (Wildman–Crippen LogP) is 2.19. The van der Waals surface area contributed by atoms with Crippen LogP contribution in [0.5, 0.6) is 0 Å². The van der Waals surface area contributed by atoms with Gasteiger partial charge in [0.25, 0.3) is 0 Å². The fraction of sp³-hybridized carbons (Fsp3) is 0.500. The standard InChI is InChI=1S/C10H14N2O5/c1-7(2)9(11-13)6-16-5-8-3-4-10(17-8)12(14)15/h3-4,7,13H,5-6H2,1-2H3. The molecule has 0 unspecified atom stereocenters. The molecule has 0 amide bonds. The van der Waals surface area contributed by atoms with Gasteiger partial charge in [-0.05, 0) is 12.0 Å². The Bertz CT molecular complexity index is 411. The summed E-state index contributed by atoms with van der Waals surface area (Å²) in [5, 5.41) is 22.1. The molecule has 0 saturated heterocycles. The Morgan fingerprint density at radius 2 is 2.35 bits per heavy atom. The van der Waals surface area contributed by atoms with Gasteiger partial charge in [-0.15, -0.1) is 0 Å². The molecular formula is C10H14N2O5. The minimum atomic E-state index is -0.613. The second kappa shape index (κ2) is 6.00. The number of nitrogens with zero attached hydrogens (tertiary/aromatic N) is 2. The molecule has 0 aliphatic rings. The molecule has 0 spiro atoms. The van der Waals surface area contributed by atoms with Gasteiger partial charge in [-0.3, -0.25) is 10.1 Å². The molecule has 7 heteroatoms. The molecule has 0 aliphatic carbocycles. The van der Waals surface area contributed by atoms with Gasteiger partial charge >= 0.3 is 5.88 Å². The molecule has 1 N–H and O–H groups in total. The maximum atomic E-state index is 10.4. The smallest absolute Gasteiger partial charge is 0.411 e. The molecule has 0 fully saturated rings. The normalized spacial score (nSPS) is 12.1. The van der Waals surface area contributed by atoms with Crippen LogP contribution in [0.25, 0.3) is 0 Å². The Morgan fingerprint density at radius 1 is 1.65 bits per heavy atom. The first-order valence-corrected chi connectivity index (χ1v) is 5.06. The Hall–Kier alpha value is -1.89. The van der Waals surface area contributed by atoms with E-state index in [0.717, 1.165) is 0 Å². The van der Waals surface area contributed by atoms with Gasteiger partial charge in [0.15, 0.2) is 0 Å². The number of rotatable bonds is 6. The second-order valence-corrected chi connectivity index (χ2v) is 3.74. The quantitative estimate of drug-likeness (QED) is 0.357. The van der Waals surface area contributed by atoms with Crippen molar-refractivity contribution in [3.63, 3.8) is 0 Å². The lowest BCUT2D eigenvalue weighted by Crippen LogP contribution is -2.15. The molecule has 0 radical (unpaired) electrons. The van der Waals surface area contributed by atoms with E-state index in [-0.39, 0.29) is 25.0 Å². The van der Waals surface area contributed by atoms with Gasteiger partial charge in [0.1, 0.15) is 17.3 Å². The first kappa shape index (κ1) is 13.2. The summed E-state index contributed by atoms with van der Waals surface area (Å²) in [5.74, 6) is 0.118. The van der Waals surface area contributed by atoms with Crippen molar-refractivity contribution in [1.29, 1.82) is 0 Å². The van der Waals surface area contributed by atoms with Gasteiger partial charge < -0.3 is 14.4 Å². The predicted molar refractivity (Wildman–Crippen MR) is 59.1 cm³/mol. The lowest BCUT2D eigenvalue weighted by molar-refractivity contribution is -0.402. The van der Waals surface area contributed by atoms with E-state index in [0.29, 0.717) is 11.5 Å². The summed E-state index contributed by atoms with van der Waals surface area (Å²) in [5.41, 5.74) is 0.506. The third kappa shape index (κ3) is 3.87. The van der Waals surface area contributed by atoms with Gasteiger partial charge in [-0.2, -0.15) is 0 Å². The number of furan rings is 1. The summed E-state index contributed by atoms with van der Waals surface area (Å²) < 4.78 is 10.1. The Kier molecular flexibility index (Phi) is 4.65. The summed E-state index contributed by atoms with van der Waals surface area (Å²) >= 11 is 0. The van der Waals surface area contributed by atoms with Gasteiger partial charge in [-0.1, -0.05) is 19.0 Å². The molecule has 0 saturated carbocycles. The average molecular weight is 242 g/mol. The summed E-state index contributed by atoms with van der Waals surface area (Å²) in [6.07, 6.45) is 0. The van der Waals surface area contributed by atoms with Gasteiger partial charge in [0, 0.05) is 0 Å². The fourth-order valence-electron chi connectivity index (χ4n) is 1.11. The van der Waals surface area contributed by atoms with Crippen LogP contribution >= 0.6 is 0 Å². The molecule has 17 heavy (non-hydrogen) atoms. The molecule has 1 heterocycles. The second-order valence-electron chi connectivity index (χ2n) is 3.74. The van der Waals surface area contributed by atoms with Crippen LogP contribution in [-0.2, 0) is 11.3 Å². The highest BCUT2D eigenvalue weighted by molar-refractivity contribution is 5.86. The molecule has 0 aromatic carbocycles. The molecule has 0 atom stereocenters. The summed E-state index contributed by atoms with van der Waals surface area (Å²) in [6, 6.07) is 2.74. The van der Waals surface area contributed by atoms with Crippen molar-refractivity contribution in [2.75, 3.05) is 6.61 Å². The number of hydrogen-bond donors (Lipinski definition) is 1. The van der Waals surface area contributed by atoms with Crippen LogP contribution in [0.2, 0.25) is 0 Å².